The van der Waals surface area contributed by atoms with Crippen LogP contribution in [0.2, 0.25) is 0 Å². The minimum atomic E-state index is -0.197. The number of amides is 1. The third-order valence-electron chi connectivity index (χ3n) is 2.56. The van der Waals surface area contributed by atoms with E-state index in [-0.39, 0.29) is 5.91 Å². The largest absolute Gasteiger partial charge is 0.497 e. The number of ether oxygens (including phenoxy) is 1. The van der Waals surface area contributed by atoms with Crippen LogP contribution in [0.4, 0.5) is 0 Å². The van der Waals surface area contributed by atoms with Crippen LogP contribution in [0.5, 0.6) is 5.75 Å². The summed E-state index contributed by atoms with van der Waals surface area (Å²) in [6.07, 6.45) is 0. The first kappa shape index (κ1) is 13.5. The van der Waals surface area contributed by atoms with E-state index in [0.717, 1.165) is 11.3 Å². The third kappa shape index (κ3) is 3.79. The lowest BCUT2D eigenvalue weighted by Crippen LogP contribution is -2.23. The molecule has 1 amide bonds. The van der Waals surface area contributed by atoms with Crippen LogP contribution in [0, 0.1) is 0 Å². The minimum Gasteiger partial charge on any atom is -0.497 e. The molecule has 0 aliphatic heterocycles. The molecule has 1 N–H and O–H groups in total. The van der Waals surface area contributed by atoms with Crippen LogP contribution in [0.25, 0.3) is 0 Å². The number of methoxy groups -OCH3 is 1. The first-order valence-electron chi connectivity index (χ1n) is 5.73. The smallest absolute Gasteiger partial charge is 0.270 e. The Bertz CT molecular complexity index is 570. The van der Waals surface area contributed by atoms with Crippen molar-refractivity contribution in [2.45, 2.75) is 6.54 Å². The van der Waals surface area contributed by atoms with Crippen LogP contribution in [-0.2, 0) is 6.54 Å². The molecule has 0 saturated heterocycles. The van der Waals surface area contributed by atoms with Gasteiger partial charge < -0.3 is 10.1 Å². The number of pyridine rings is 1. The molecule has 0 aliphatic rings. The summed E-state index contributed by atoms with van der Waals surface area (Å²) in [7, 11) is 1.62. The lowest BCUT2D eigenvalue weighted by molar-refractivity contribution is 0.0946. The first-order valence-corrected chi connectivity index (χ1v) is 6.52. The highest BCUT2D eigenvalue weighted by atomic mass is 79.9. The normalized spacial score (nSPS) is 10.0. The number of nitrogens with one attached hydrogen (secondary N) is 1. The van der Waals surface area contributed by atoms with Gasteiger partial charge in [0, 0.05) is 6.54 Å². The molecule has 0 unspecified atom stereocenters. The summed E-state index contributed by atoms with van der Waals surface area (Å²) >= 11 is 3.24. The van der Waals surface area contributed by atoms with Crippen molar-refractivity contribution in [3.05, 3.63) is 58.3 Å². The maximum absolute atomic E-state index is 11.9. The maximum atomic E-state index is 11.9. The number of halogens is 1. The Hall–Kier alpha value is -1.88. The second kappa shape index (κ2) is 6.33. The van der Waals surface area contributed by atoms with Crippen molar-refractivity contribution in [3.8, 4) is 5.75 Å². The van der Waals surface area contributed by atoms with Crippen LogP contribution in [-0.4, -0.2) is 18.0 Å². The van der Waals surface area contributed by atoms with Gasteiger partial charge in [0.1, 0.15) is 16.0 Å². The van der Waals surface area contributed by atoms with Gasteiger partial charge in [0.2, 0.25) is 0 Å². The number of carbonyl (C=O) groups is 1. The topological polar surface area (TPSA) is 51.2 Å². The highest BCUT2D eigenvalue weighted by Gasteiger charge is 2.06. The second-order valence-corrected chi connectivity index (χ2v) is 4.69. The van der Waals surface area contributed by atoms with Crippen LogP contribution in [0.15, 0.2) is 47.1 Å². The number of aromatic nitrogens is 1. The van der Waals surface area contributed by atoms with Crippen molar-refractivity contribution in [2.24, 2.45) is 0 Å². The molecule has 0 atom stereocenters. The van der Waals surface area contributed by atoms with Crippen LogP contribution in [0.3, 0.4) is 0 Å². The molecule has 0 saturated carbocycles. The summed E-state index contributed by atoms with van der Waals surface area (Å²) in [5.74, 6) is 0.598. The number of carbonyl (C=O) groups excluding carboxylic acids is 1. The van der Waals surface area contributed by atoms with E-state index in [1.807, 2.05) is 24.3 Å². The Balaban J connectivity index is 1.96. The summed E-state index contributed by atoms with van der Waals surface area (Å²) in [4.78, 5) is 16.0. The molecule has 4 nitrogen and oxygen atoms in total. The van der Waals surface area contributed by atoms with Gasteiger partial charge >= 0.3 is 0 Å². The lowest BCUT2D eigenvalue weighted by Gasteiger charge is -2.06. The zero-order valence-electron chi connectivity index (χ0n) is 10.4. The molecule has 5 heteroatoms. The fourth-order valence-electron chi connectivity index (χ4n) is 1.55. The minimum absolute atomic E-state index is 0.197. The Morgan fingerprint density at radius 1 is 1.26 bits per heavy atom. The Labute approximate surface area is 119 Å². The first-order chi connectivity index (χ1) is 9.19. The summed E-state index contributed by atoms with van der Waals surface area (Å²) < 4.78 is 5.72. The lowest BCUT2D eigenvalue weighted by atomic mass is 10.2. The number of hydrogen-bond acceptors (Lipinski definition) is 3. The Morgan fingerprint density at radius 3 is 2.63 bits per heavy atom. The average molecular weight is 321 g/mol. The molecule has 0 bridgehead atoms. The molecule has 98 valence electrons. The Kier molecular flexibility index (Phi) is 4.52. The van der Waals surface area contributed by atoms with Gasteiger partial charge in [-0.25, -0.2) is 4.98 Å². The van der Waals surface area contributed by atoms with Gasteiger partial charge in [0.25, 0.3) is 5.91 Å². The summed E-state index contributed by atoms with van der Waals surface area (Å²) in [5.41, 5.74) is 1.40. The van der Waals surface area contributed by atoms with Gasteiger partial charge in [0.15, 0.2) is 0 Å². The van der Waals surface area contributed by atoms with Crippen molar-refractivity contribution >= 4 is 21.8 Å². The highest BCUT2D eigenvalue weighted by Crippen LogP contribution is 2.11. The zero-order chi connectivity index (χ0) is 13.7. The van der Waals surface area contributed by atoms with Crippen molar-refractivity contribution in [2.75, 3.05) is 7.11 Å². The molecule has 2 aromatic rings. The monoisotopic (exact) mass is 320 g/mol. The van der Waals surface area contributed by atoms with Crippen molar-refractivity contribution in [1.29, 1.82) is 0 Å². The van der Waals surface area contributed by atoms with Crippen LogP contribution in [0.1, 0.15) is 16.1 Å². The molecular formula is C14H13BrN2O2. The van der Waals surface area contributed by atoms with Crippen molar-refractivity contribution < 1.29 is 9.53 Å². The average Bonchev–Trinajstić information content (AvgIpc) is 2.45. The molecule has 0 spiro atoms. The van der Waals surface area contributed by atoms with Crippen LogP contribution >= 0.6 is 15.9 Å². The molecular weight excluding hydrogens is 308 g/mol. The second-order valence-electron chi connectivity index (χ2n) is 3.88. The summed E-state index contributed by atoms with van der Waals surface area (Å²) in [5, 5.41) is 2.82. The zero-order valence-corrected chi connectivity index (χ0v) is 12.0. The van der Waals surface area contributed by atoms with Crippen LogP contribution < -0.4 is 10.1 Å². The number of nitrogens with zero attached hydrogens (tertiary/aromatic N) is 1. The standard InChI is InChI=1S/C14H13BrN2O2/c1-19-11-7-5-10(6-8-11)9-16-14(18)12-3-2-4-13(15)17-12/h2-8H,9H2,1H3,(H,16,18). The van der Waals surface area contributed by atoms with E-state index in [2.05, 4.69) is 26.2 Å². The van der Waals surface area contributed by atoms with E-state index in [4.69, 9.17) is 4.74 Å². The highest BCUT2D eigenvalue weighted by molar-refractivity contribution is 9.10. The predicted octanol–water partition coefficient (Wildman–Crippen LogP) is 2.78. The fraction of sp³-hybridized carbons (Fsp3) is 0.143. The van der Waals surface area contributed by atoms with E-state index < -0.39 is 0 Å². The van der Waals surface area contributed by atoms with Gasteiger partial charge in [-0.05, 0) is 45.8 Å². The predicted molar refractivity (Wildman–Crippen MR) is 76.1 cm³/mol. The Morgan fingerprint density at radius 2 is 2.00 bits per heavy atom. The van der Waals surface area contributed by atoms with E-state index in [9.17, 15) is 4.79 Å². The summed E-state index contributed by atoms with van der Waals surface area (Å²) in [6.45, 7) is 0.455. The molecule has 19 heavy (non-hydrogen) atoms. The number of benzene rings is 1. The molecule has 0 aliphatic carbocycles. The van der Waals surface area contributed by atoms with Gasteiger partial charge in [-0.15, -0.1) is 0 Å². The van der Waals surface area contributed by atoms with Crippen molar-refractivity contribution in [1.82, 2.24) is 10.3 Å². The van der Waals surface area contributed by atoms with Gasteiger partial charge in [-0.2, -0.15) is 0 Å². The van der Waals surface area contributed by atoms with Gasteiger partial charge in [-0.1, -0.05) is 18.2 Å². The quantitative estimate of drug-likeness (QED) is 0.881. The van der Waals surface area contributed by atoms with E-state index >= 15 is 0 Å². The molecule has 1 aromatic carbocycles. The third-order valence-corrected chi connectivity index (χ3v) is 3.00. The fourth-order valence-corrected chi connectivity index (χ4v) is 1.89. The van der Waals surface area contributed by atoms with Gasteiger partial charge in [0.05, 0.1) is 7.11 Å². The molecule has 1 heterocycles. The van der Waals surface area contributed by atoms with Crippen molar-refractivity contribution in [3.63, 3.8) is 0 Å². The number of rotatable bonds is 4. The maximum Gasteiger partial charge on any atom is 0.270 e. The SMILES string of the molecule is COc1ccc(CNC(=O)c2cccc(Br)n2)cc1. The van der Waals surface area contributed by atoms with E-state index in [1.54, 1.807) is 25.3 Å². The molecule has 0 fully saturated rings. The molecule has 0 radical (unpaired) electrons. The molecule has 1 aromatic heterocycles. The molecule has 2 rings (SSSR count). The number of hydrogen-bond donors (Lipinski definition) is 1. The van der Waals surface area contributed by atoms with Gasteiger partial charge in [-0.3, -0.25) is 4.79 Å². The summed E-state index contributed by atoms with van der Waals surface area (Å²) in [6, 6.07) is 12.8. The van der Waals surface area contributed by atoms with E-state index in [1.165, 1.54) is 0 Å². The van der Waals surface area contributed by atoms with E-state index in [0.29, 0.717) is 16.8 Å².